The molecule has 0 aromatic rings. The molecule has 0 rings (SSSR count). The Hall–Kier alpha value is -1.67. The van der Waals surface area contributed by atoms with Crippen molar-refractivity contribution in [1.29, 1.82) is 0 Å². The first-order chi connectivity index (χ1) is 8.54. The SMILES string of the molecule is C=C(C(=C)C(=O)NC(C(C)C)S(=O)(=O)OC)C(=O)O. The van der Waals surface area contributed by atoms with Gasteiger partial charge in [-0.05, 0) is 5.92 Å². The zero-order chi connectivity index (χ0) is 15.4. The van der Waals surface area contributed by atoms with Crippen molar-refractivity contribution in [2.75, 3.05) is 7.11 Å². The van der Waals surface area contributed by atoms with Crippen LogP contribution in [-0.4, -0.2) is 37.9 Å². The van der Waals surface area contributed by atoms with Crippen molar-refractivity contribution in [2.24, 2.45) is 5.92 Å². The minimum atomic E-state index is -3.98. The van der Waals surface area contributed by atoms with Crippen LogP contribution in [0.25, 0.3) is 0 Å². The molecule has 0 saturated heterocycles. The van der Waals surface area contributed by atoms with Crippen LogP contribution in [0.5, 0.6) is 0 Å². The molecule has 0 bridgehead atoms. The monoisotopic (exact) mass is 291 g/mol. The molecule has 1 amide bonds. The fourth-order valence-corrected chi connectivity index (χ4v) is 2.28. The number of carboxylic acids is 1. The van der Waals surface area contributed by atoms with Crippen LogP contribution in [0.3, 0.4) is 0 Å². The van der Waals surface area contributed by atoms with Crippen molar-refractivity contribution in [3.05, 3.63) is 24.3 Å². The second-order valence-corrected chi connectivity index (χ2v) is 5.89. The molecule has 2 N–H and O–H groups in total. The Labute approximate surface area is 112 Å². The smallest absolute Gasteiger partial charge is 0.335 e. The van der Waals surface area contributed by atoms with Crippen LogP contribution in [0.4, 0.5) is 0 Å². The Morgan fingerprint density at radius 1 is 1.21 bits per heavy atom. The van der Waals surface area contributed by atoms with Gasteiger partial charge >= 0.3 is 5.97 Å². The zero-order valence-electron chi connectivity index (χ0n) is 11.0. The lowest BCUT2D eigenvalue weighted by Gasteiger charge is -2.21. The minimum Gasteiger partial charge on any atom is -0.478 e. The molecule has 0 aromatic heterocycles. The van der Waals surface area contributed by atoms with E-state index in [4.69, 9.17) is 5.11 Å². The van der Waals surface area contributed by atoms with Gasteiger partial charge in [0.15, 0.2) is 5.37 Å². The number of hydrogen-bond donors (Lipinski definition) is 2. The quantitative estimate of drug-likeness (QED) is 0.395. The van der Waals surface area contributed by atoms with E-state index in [-0.39, 0.29) is 0 Å². The van der Waals surface area contributed by atoms with Crippen LogP contribution in [0.1, 0.15) is 13.8 Å². The fraction of sp³-hybridized carbons (Fsp3) is 0.455. The number of hydrogen-bond acceptors (Lipinski definition) is 5. The summed E-state index contributed by atoms with van der Waals surface area (Å²) in [7, 11) is -3.01. The molecular weight excluding hydrogens is 274 g/mol. The molecule has 0 fully saturated rings. The molecule has 1 unspecified atom stereocenters. The maximum absolute atomic E-state index is 11.7. The predicted molar refractivity (Wildman–Crippen MR) is 68.6 cm³/mol. The highest BCUT2D eigenvalue weighted by Crippen LogP contribution is 2.13. The van der Waals surface area contributed by atoms with Gasteiger partial charge < -0.3 is 10.4 Å². The van der Waals surface area contributed by atoms with E-state index < -0.39 is 44.4 Å². The van der Waals surface area contributed by atoms with Gasteiger partial charge in [0.05, 0.1) is 12.7 Å². The Morgan fingerprint density at radius 3 is 2.00 bits per heavy atom. The van der Waals surface area contributed by atoms with Gasteiger partial charge in [-0.15, -0.1) is 0 Å². The van der Waals surface area contributed by atoms with E-state index in [1.807, 2.05) is 0 Å². The molecule has 7 nitrogen and oxygen atoms in total. The van der Waals surface area contributed by atoms with Gasteiger partial charge in [0, 0.05) is 5.57 Å². The summed E-state index contributed by atoms with van der Waals surface area (Å²) >= 11 is 0. The number of carboxylic acid groups (broad SMARTS) is 1. The van der Waals surface area contributed by atoms with Gasteiger partial charge in [0.25, 0.3) is 16.0 Å². The third-order valence-electron chi connectivity index (χ3n) is 2.32. The lowest BCUT2D eigenvalue weighted by Crippen LogP contribution is -2.45. The molecule has 0 heterocycles. The van der Waals surface area contributed by atoms with E-state index in [0.29, 0.717) is 0 Å². The first-order valence-electron chi connectivity index (χ1n) is 5.26. The third kappa shape index (κ3) is 4.49. The Morgan fingerprint density at radius 2 is 1.68 bits per heavy atom. The summed E-state index contributed by atoms with van der Waals surface area (Å²) in [4.78, 5) is 22.3. The van der Waals surface area contributed by atoms with Crippen molar-refractivity contribution >= 4 is 22.0 Å². The van der Waals surface area contributed by atoms with Crippen LogP contribution >= 0.6 is 0 Å². The highest BCUT2D eigenvalue weighted by atomic mass is 32.2. The van der Waals surface area contributed by atoms with Gasteiger partial charge in [0.2, 0.25) is 0 Å². The van der Waals surface area contributed by atoms with E-state index in [1.165, 1.54) is 0 Å². The van der Waals surface area contributed by atoms with E-state index >= 15 is 0 Å². The molecule has 0 aliphatic heterocycles. The Balaban J connectivity index is 5.10. The lowest BCUT2D eigenvalue weighted by molar-refractivity contribution is -0.133. The van der Waals surface area contributed by atoms with Crippen molar-refractivity contribution in [3.63, 3.8) is 0 Å². The number of nitrogens with one attached hydrogen (secondary N) is 1. The maximum Gasteiger partial charge on any atom is 0.335 e. The van der Waals surface area contributed by atoms with E-state index in [1.54, 1.807) is 13.8 Å². The van der Waals surface area contributed by atoms with E-state index in [0.717, 1.165) is 7.11 Å². The highest BCUT2D eigenvalue weighted by molar-refractivity contribution is 7.87. The molecule has 0 aliphatic carbocycles. The highest BCUT2D eigenvalue weighted by Gasteiger charge is 2.31. The number of rotatable bonds is 7. The van der Waals surface area contributed by atoms with Crippen molar-refractivity contribution < 1.29 is 27.3 Å². The molecule has 0 aliphatic rings. The summed E-state index contributed by atoms with van der Waals surface area (Å²) in [6.45, 7) is 9.57. The molecule has 0 saturated carbocycles. The molecule has 1 atom stereocenters. The van der Waals surface area contributed by atoms with Crippen LogP contribution in [0.2, 0.25) is 0 Å². The van der Waals surface area contributed by atoms with Gasteiger partial charge in [-0.25, -0.2) is 4.79 Å². The standard InChI is InChI=1S/C11H17NO6S/c1-6(2)10(19(16,17)18-5)12-9(13)7(3)8(4)11(14)15/h6,10H,3-4H2,1-2,5H3,(H,12,13)(H,14,15). The van der Waals surface area contributed by atoms with Gasteiger partial charge in [-0.3, -0.25) is 8.98 Å². The maximum atomic E-state index is 11.7. The number of carbonyl (C=O) groups is 2. The number of aliphatic carboxylic acids is 1. The molecule has 0 radical (unpaired) electrons. The number of carbonyl (C=O) groups excluding carboxylic acids is 1. The first-order valence-corrected chi connectivity index (χ1v) is 6.73. The Bertz CT molecular complexity index is 505. The van der Waals surface area contributed by atoms with Gasteiger partial charge in [-0.1, -0.05) is 27.0 Å². The van der Waals surface area contributed by atoms with Crippen molar-refractivity contribution in [1.82, 2.24) is 5.32 Å². The van der Waals surface area contributed by atoms with Crippen molar-refractivity contribution in [2.45, 2.75) is 19.2 Å². The summed E-state index contributed by atoms with van der Waals surface area (Å²) in [6, 6.07) is 0. The summed E-state index contributed by atoms with van der Waals surface area (Å²) in [5.41, 5.74) is -0.917. The molecule has 19 heavy (non-hydrogen) atoms. The summed E-state index contributed by atoms with van der Waals surface area (Å²) in [6.07, 6.45) is 0. The summed E-state index contributed by atoms with van der Waals surface area (Å²) in [5.74, 6) is -2.80. The second-order valence-electron chi connectivity index (χ2n) is 4.06. The zero-order valence-corrected chi connectivity index (χ0v) is 11.8. The lowest BCUT2D eigenvalue weighted by atomic mass is 10.1. The minimum absolute atomic E-state index is 0.413. The molecule has 8 heteroatoms. The predicted octanol–water partition coefficient (Wildman–Crippen LogP) is 0.258. The van der Waals surface area contributed by atoms with Crippen LogP contribution in [0, 0.1) is 5.92 Å². The van der Waals surface area contributed by atoms with Crippen molar-refractivity contribution in [3.8, 4) is 0 Å². The van der Waals surface area contributed by atoms with Crippen LogP contribution in [0.15, 0.2) is 24.3 Å². The van der Waals surface area contributed by atoms with Gasteiger partial charge in [0.1, 0.15) is 0 Å². The first kappa shape index (κ1) is 17.3. The number of amides is 1. The summed E-state index contributed by atoms with van der Waals surface area (Å²) < 4.78 is 27.5. The average molecular weight is 291 g/mol. The fourth-order valence-electron chi connectivity index (χ4n) is 1.16. The van der Waals surface area contributed by atoms with Crippen LogP contribution < -0.4 is 5.32 Å². The molecular formula is C11H17NO6S. The van der Waals surface area contributed by atoms with Crippen LogP contribution in [-0.2, 0) is 23.9 Å². The topological polar surface area (TPSA) is 110 Å². The summed E-state index contributed by atoms with van der Waals surface area (Å²) in [5, 5.41) is 9.53. The Kier molecular flexibility index (Phi) is 5.91. The molecule has 0 aromatic carbocycles. The second kappa shape index (κ2) is 6.48. The molecule has 108 valence electrons. The largest absolute Gasteiger partial charge is 0.478 e. The van der Waals surface area contributed by atoms with E-state index in [9.17, 15) is 18.0 Å². The third-order valence-corrected chi connectivity index (χ3v) is 4.07. The normalized spacial score (nSPS) is 12.8. The van der Waals surface area contributed by atoms with E-state index in [2.05, 4.69) is 22.7 Å². The van der Waals surface area contributed by atoms with Gasteiger partial charge in [-0.2, -0.15) is 8.42 Å². The average Bonchev–Trinajstić information content (AvgIpc) is 2.32. The molecule has 0 spiro atoms.